The number of rotatable bonds is 6. The maximum Gasteiger partial charge on any atom is 0.225 e. The summed E-state index contributed by atoms with van der Waals surface area (Å²) in [5.74, 6) is 2.06. The standard InChI is InChI=1S/C12H22N4O/c1-5-14-10-7-11(16-12(13)15-10)17-9(4)6-8(2)3/h7-9H,5-6H2,1-4H3,(H3,13,14,15,16). The second-order valence-electron chi connectivity index (χ2n) is 4.54. The number of nitrogen functional groups attached to an aromatic ring is 1. The third kappa shape index (κ3) is 4.89. The van der Waals surface area contributed by atoms with E-state index in [2.05, 4.69) is 29.1 Å². The summed E-state index contributed by atoms with van der Waals surface area (Å²) in [4.78, 5) is 8.14. The first kappa shape index (κ1) is 13.5. The monoisotopic (exact) mass is 238 g/mol. The molecule has 3 N–H and O–H groups in total. The summed E-state index contributed by atoms with van der Waals surface area (Å²) in [5.41, 5.74) is 5.62. The van der Waals surface area contributed by atoms with Crippen LogP contribution in [0.4, 0.5) is 11.8 Å². The zero-order valence-corrected chi connectivity index (χ0v) is 11.0. The van der Waals surface area contributed by atoms with Gasteiger partial charge in [0.15, 0.2) is 0 Å². The number of hydrogen-bond donors (Lipinski definition) is 2. The van der Waals surface area contributed by atoms with E-state index in [9.17, 15) is 0 Å². The van der Waals surface area contributed by atoms with Crippen molar-refractivity contribution in [2.45, 2.75) is 40.2 Å². The summed E-state index contributed by atoms with van der Waals surface area (Å²) >= 11 is 0. The van der Waals surface area contributed by atoms with Gasteiger partial charge in [-0.05, 0) is 26.2 Å². The lowest BCUT2D eigenvalue weighted by Gasteiger charge is -2.16. The molecule has 0 aliphatic rings. The number of nitrogens with two attached hydrogens (primary N) is 1. The van der Waals surface area contributed by atoms with Gasteiger partial charge in [-0.2, -0.15) is 9.97 Å². The average molecular weight is 238 g/mol. The molecule has 5 heteroatoms. The average Bonchev–Trinajstić information content (AvgIpc) is 2.14. The fraction of sp³-hybridized carbons (Fsp3) is 0.667. The predicted octanol–water partition coefficient (Wildman–Crippen LogP) is 2.30. The number of nitrogens with one attached hydrogen (secondary N) is 1. The highest BCUT2D eigenvalue weighted by Gasteiger charge is 2.09. The highest BCUT2D eigenvalue weighted by Crippen LogP contribution is 2.17. The lowest BCUT2D eigenvalue weighted by atomic mass is 10.1. The molecule has 0 saturated heterocycles. The van der Waals surface area contributed by atoms with Gasteiger partial charge in [-0.25, -0.2) is 0 Å². The molecule has 0 fully saturated rings. The van der Waals surface area contributed by atoms with Crippen LogP contribution < -0.4 is 15.8 Å². The Morgan fingerprint density at radius 1 is 1.35 bits per heavy atom. The maximum absolute atomic E-state index is 5.72. The van der Waals surface area contributed by atoms with E-state index in [-0.39, 0.29) is 12.1 Å². The Labute approximate surface area is 103 Å². The Hall–Kier alpha value is -1.52. The van der Waals surface area contributed by atoms with Crippen molar-refractivity contribution in [3.8, 4) is 5.88 Å². The number of ether oxygens (including phenoxy) is 1. The molecule has 0 amide bonds. The van der Waals surface area contributed by atoms with Gasteiger partial charge in [-0.3, -0.25) is 0 Å². The molecular formula is C12H22N4O. The zero-order chi connectivity index (χ0) is 12.8. The molecule has 5 nitrogen and oxygen atoms in total. The molecule has 0 aliphatic carbocycles. The minimum atomic E-state index is 0.124. The van der Waals surface area contributed by atoms with Crippen molar-refractivity contribution in [1.29, 1.82) is 0 Å². The minimum Gasteiger partial charge on any atom is -0.474 e. The molecule has 0 saturated carbocycles. The number of nitrogens with zero attached hydrogens (tertiary/aromatic N) is 2. The topological polar surface area (TPSA) is 73.1 Å². The fourth-order valence-corrected chi connectivity index (χ4v) is 1.69. The largest absolute Gasteiger partial charge is 0.474 e. The molecule has 1 atom stereocenters. The molecule has 0 spiro atoms. The third-order valence-corrected chi connectivity index (χ3v) is 2.20. The predicted molar refractivity (Wildman–Crippen MR) is 70.2 cm³/mol. The van der Waals surface area contributed by atoms with Crippen LogP contribution in [0.1, 0.15) is 34.1 Å². The molecule has 96 valence electrons. The minimum absolute atomic E-state index is 0.124. The summed E-state index contributed by atoms with van der Waals surface area (Å²) in [5, 5.41) is 3.09. The van der Waals surface area contributed by atoms with Gasteiger partial charge < -0.3 is 15.8 Å². The molecule has 1 unspecified atom stereocenters. The number of anilines is 2. The van der Waals surface area contributed by atoms with Crippen molar-refractivity contribution >= 4 is 11.8 Å². The molecule has 1 aromatic heterocycles. The summed E-state index contributed by atoms with van der Waals surface area (Å²) < 4.78 is 5.72. The van der Waals surface area contributed by atoms with Gasteiger partial charge in [0.1, 0.15) is 5.82 Å². The van der Waals surface area contributed by atoms with Crippen molar-refractivity contribution in [3.05, 3.63) is 6.07 Å². The normalized spacial score (nSPS) is 12.5. The van der Waals surface area contributed by atoms with E-state index in [4.69, 9.17) is 10.5 Å². The quantitative estimate of drug-likeness (QED) is 0.795. The van der Waals surface area contributed by atoms with Crippen LogP contribution in [0.15, 0.2) is 6.07 Å². The molecule has 17 heavy (non-hydrogen) atoms. The van der Waals surface area contributed by atoms with Gasteiger partial charge in [0, 0.05) is 12.6 Å². The third-order valence-electron chi connectivity index (χ3n) is 2.20. The Balaban J connectivity index is 2.69. The number of hydrogen-bond acceptors (Lipinski definition) is 5. The second-order valence-corrected chi connectivity index (χ2v) is 4.54. The highest BCUT2D eigenvalue weighted by molar-refractivity contribution is 5.42. The first-order chi connectivity index (χ1) is 8.01. The molecule has 0 aliphatic heterocycles. The van der Waals surface area contributed by atoms with E-state index in [1.807, 2.05) is 13.8 Å². The van der Waals surface area contributed by atoms with Crippen LogP contribution in [-0.4, -0.2) is 22.6 Å². The first-order valence-corrected chi connectivity index (χ1v) is 6.06. The van der Waals surface area contributed by atoms with E-state index in [1.54, 1.807) is 6.07 Å². The Kier molecular flexibility index (Phi) is 5.00. The van der Waals surface area contributed by atoms with E-state index < -0.39 is 0 Å². The van der Waals surface area contributed by atoms with Gasteiger partial charge in [-0.1, -0.05) is 13.8 Å². The second kappa shape index (κ2) is 6.27. The summed E-state index contributed by atoms with van der Waals surface area (Å²) in [6.45, 7) is 9.15. The van der Waals surface area contributed by atoms with Crippen LogP contribution in [0.25, 0.3) is 0 Å². The fourth-order valence-electron chi connectivity index (χ4n) is 1.69. The van der Waals surface area contributed by atoms with Crippen LogP contribution in [-0.2, 0) is 0 Å². The van der Waals surface area contributed by atoms with Gasteiger partial charge in [0.2, 0.25) is 11.8 Å². The first-order valence-electron chi connectivity index (χ1n) is 6.06. The van der Waals surface area contributed by atoms with Gasteiger partial charge >= 0.3 is 0 Å². The molecule has 1 heterocycles. The Morgan fingerprint density at radius 3 is 2.65 bits per heavy atom. The Morgan fingerprint density at radius 2 is 2.06 bits per heavy atom. The van der Waals surface area contributed by atoms with E-state index >= 15 is 0 Å². The van der Waals surface area contributed by atoms with Crippen molar-refractivity contribution in [2.75, 3.05) is 17.6 Å². The van der Waals surface area contributed by atoms with Gasteiger partial charge in [0.05, 0.1) is 6.10 Å². The lowest BCUT2D eigenvalue weighted by Crippen LogP contribution is -2.16. The van der Waals surface area contributed by atoms with Gasteiger partial charge in [0.25, 0.3) is 0 Å². The van der Waals surface area contributed by atoms with Gasteiger partial charge in [-0.15, -0.1) is 0 Å². The van der Waals surface area contributed by atoms with E-state index in [0.717, 1.165) is 13.0 Å². The molecule has 1 rings (SSSR count). The van der Waals surface area contributed by atoms with Crippen molar-refractivity contribution in [3.63, 3.8) is 0 Å². The smallest absolute Gasteiger partial charge is 0.225 e. The zero-order valence-electron chi connectivity index (χ0n) is 11.0. The van der Waals surface area contributed by atoms with Crippen LogP contribution in [0.2, 0.25) is 0 Å². The van der Waals surface area contributed by atoms with Crippen LogP contribution >= 0.6 is 0 Å². The van der Waals surface area contributed by atoms with Crippen LogP contribution in [0, 0.1) is 5.92 Å². The lowest BCUT2D eigenvalue weighted by molar-refractivity contribution is 0.186. The van der Waals surface area contributed by atoms with Crippen LogP contribution in [0.5, 0.6) is 5.88 Å². The summed E-state index contributed by atoms with van der Waals surface area (Å²) in [7, 11) is 0. The molecule has 1 aromatic rings. The summed E-state index contributed by atoms with van der Waals surface area (Å²) in [6.07, 6.45) is 1.11. The van der Waals surface area contributed by atoms with Crippen LogP contribution in [0.3, 0.4) is 0 Å². The Bertz CT molecular complexity index is 354. The molecule has 0 radical (unpaired) electrons. The summed E-state index contributed by atoms with van der Waals surface area (Å²) in [6, 6.07) is 1.77. The highest BCUT2D eigenvalue weighted by atomic mass is 16.5. The van der Waals surface area contributed by atoms with Crippen molar-refractivity contribution in [2.24, 2.45) is 5.92 Å². The van der Waals surface area contributed by atoms with Crippen molar-refractivity contribution < 1.29 is 4.74 Å². The maximum atomic E-state index is 5.72. The van der Waals surface area contributed by atoms with E-state index in [1.165, 1.54) is 0 Å². The number of aromatic nitrogens is 2. The SMILES string of the molecule is CCNc1cc(OC(C)CC(C)C)nc(N)n1. The molecule has 0 bridgehead atoms. The van der Waals surface area contributed by atoms with Crippen molar-refractivity contribution in [1.82, 2.24) is 9.97 Å². The molecule has 0 aromatic carbocycles. The molecular weight excluding hydrogens is 216 g/mol. The van der Waals surface area contributed by atoms with E-state index in [0.29, 0.717) is 17.6 Å².